The van der Waals surface area contributed by atoms with Gasteiger partial charge in [-0.15, -0.1) is 0 Å². The van der Waals surface area contributed by atoms with E-state index in [1.165, 1.54) is 7.11 Å². The third kappa shape index (κ3) is 1.43. The number of rotatable bonds is 1. The van der Waals surface area contributed by atoms with E-state index in [2.05, 4.69) is 0 Å². The van der Waals surface area contributed by atoms with E-state index in [0.29, 0.717) is 16.8 Å². The van der Waals surface area contributed by atoms with Crippen LogP contribution in [-0.2, 0) is 4.74 Å². The summed E-state index contributed by atoms with van der Waals surface area (Å²) in [6, 6.07) is 11.0. The van der Waals surface area contributed by atoms with E-state index in [-0.39, 0.29) is 0 Å². The molecule has 1 aromatic heterocycles. The van der Waals surface area contributed by atoms with Crippen molar-refractivity contribution in [2.24, 2.45) is 0 Å². The largest absolute Gasteiger partial charge is 0.465 e. The number of carbonyl (C=O) groups is 1. The Bertz CT molecular complexity index is 758. The minimum atomic E-state index is -0.445. The van der Waals surface area contributed by atoms with E-state index in [4.69, 9.17) is 14.9 Å². The lowest BCUT2D eigenvalue weighted by Crippen LogP contribution is -2.05. The molecule has 90 valence electrons. The summed E-state index contributed by atoms with van der Waals surface area (Å²) >= 11 is 0. The van der Waals surface area contributed by atoms with Crippen molar-refractivity contribution in [1.82, 2.24) is 0 Å². The van der Waals surface area contributed by atoms with Crippen molar-refractivity contribution >= 4 is 33.6 Å². The summed E-state index contributed by atoms with van der Waals surface area (Å²) in [5, 5.41) is 1.82. The molecule has 4 heteroatoms. The smallest absolute Gasteiger partial charge is 0.339 e. The van der Waals surface area contributed by atoms with Crippen LogP contribution >= 0.6 is 0 Å². The monoisotopic (exact) mass is 241 g/mol. The third-order valence-corrected chi connectivity index (χ3v) is 2.95. The first-order chi connectivity index (χ1) is 8.70. The van der Waals surface area contributed by atoms with Gasteiger partial charge in [-0.3, -0.25) is 0 Å². The van der Waals surface area contributed by atoms with Crippen molar-refractivity contribution < 1.29 is 13.9 Å². The fourth-order valence-electron chi connectivity index (χ4n) is 2.07. The van der Waals surface area contributed by atoms with E-state index in [1.807, 2.05) is 24.3 Å². The minimum absolute atomic E-state index is 0.355. The van der Waals surface area contributed by atoms with Gasteiger partial charge in [0.25, 0.3) is 0 Å². The fraction of sp³-hybridized carbons (Fsp3) is 0.0714. The summed E-state index contributed by atoms with van der Waals surface area (Å²) in [7, 11) is 1.33. The molecule has 0 bridgehead atoms. The third-order valence-electron chi connectivity index (χ3n) is 2.95. The van der Waals surface area contributed by atoms with Crippen LogP contribution < -0.4 is 5.73 Å². The van der Waals surface area contributed by atoms with Crippen molar-refractivity contribution in [2.45, 2.75) is 0 Å². The fourth-order valence-corrected chi connectivity index (χ4v) is 2.07. The number of benzene rings is 2. The lowest BCUT2D eigenvalue weighted by Gasteiger charge is -2.03. The normalized spacial score (nSPS) is 10.9. The number of nitrogens with two attached hydrogens (primary N) is 1. The number of hydrogen-bond acceptors (Lipinski definition) is 4. The van der Waals surface area contributed by atoms with Gasteiger partial charge in [-0.25, -0.2) is 4.79 Å². The van der Waals surface area contributed by atoms with Gasteiger partial charge in [0, 0.05) is 22.5 Å². The zero-order chi connectivity index (χ0) is 12.7. The van der Waals surface area contributed by atoms with E-state index >= 15 is 0 Å². The highest BCUT2D eigenvalue weighted by atomic mass is 16.5. The summed E-state index contributed by atoms with van der Waals surface area (Å²) in [5.41, 5.74) is 7.98. The molecule has 0 aliphatic carbocycles. The summed E-state index contributed by atoms with van der Waals surface area (Å²) in [4.78, 5) is 11.6. The predicted octanol–water partition coefficient (Wildman–Crippen LogP) is 2.95. The molecular weight excluding hydrogens is 230 g/mol. The van der Waals surface area contributed by atoms with E-state index in [0.717, 1.165) is 16.4 Å². The average Bonchev–Trinajstić information content (AvgIpc) is 2.74. The van der Waals surface area contributed by atoms with Crippen LogP contribution in [0, 0.1) is 0 Å². The SMILES string of the molecule is COC(=O)c1cc2c(cc1N)oc1ccccc12. The summed E-state index contributed by atoms with van der Waals surface area (Å²) in [6.07, 6.45) is 0. The van der Waals surface area contributed by atoms with Gasteiger partial charge in [0.1, 0.15) is 11.2 Å². The maximum atomic E-state index is 11.6. The zero-order valence-corrected chi connectivity index (χ0v) is 9.77. The highest BCUT2D eigenvalue weighted by molar-refractivity contribution is 6.09. The minimum Gasteiger partial charge on any atom is -0.465 e. The lowest BCUT2D eigenvalue weighted by atomic mass is 10.1. The number of nitrogen functional groups attached to an aromatic ring is 1. The van der Waals surface area contributed by atoms with Crippen molar-refractivity contribution in [3.63, 3.8) is 0 Å². The molecule has 0 aliphatic heterocycles. The van der Waals surface area contributed by atoms with Gasteiger partial charge >= 0.3 is 5.97 Å². The lowest BCUT2D eigenvalue weighted by molar-refractivity contribution is 0.0602. The highest BCUT2D eigenvalue weighted by Gasteiger charge is 2.14. The molecule has 0 atom stereocenters. The molecular formula is C14H11NO3. The summed E-state index contributed by atoms with van der Waals surface area (Å²) in [5.74, 6) is -0.445. The number of furan rings is 1. The molecule has 18 heavy (non-hydrogen) atoms. The first-order valence-corrected chi connectivity index (χ1v) is 5.50. The molecule has 1 heterocycles. The topological polar surface area (TPSA) is 65.5 Å². The van der Waals surface area contributed by atoms with Gasteiger partial charge < -0.3 is 14.9 Å². The van der Waals surface area contributed by atoms with Crippen molar-refractivity contribution in [3.05, 3.63) is 42.0 Å². The van der Waals surface area contributed by atoms with Gasteiger partial charge in [0.15, 0.2) is 0 Å². The second-order valence-electron chi connectivity index (χ2n) is 4.03. The van der Waals surface area contributed by atoms with Crippen LogP contribution in [0.4, 0.5) is 5.69 Å². The van der Waals surface area contributed by atoms with Crippen molar-refractivity contribution in [1.29, 1.82) is 0 Å². The predicted molar refractivity (Wildman–Crippen MR) is 69.5 cm³/mol. The molecule has 0 aliphatic rings. The van der Waals surface area contributed by atoms with Gasteiger partial charge in [0.05, 0.1) is 12.7 Å². The first kappa shape index (κ1) is 10.7. The molecule has 0 amide bonds. The van der Waals surface area contributed by atoms with E-state index < -0.39 is 5.97 Å². The number of ether oxygens (including phenoxy) is 1. The van der Waals surface area contributed by atoms with Crippen LogP contribution in [0.15, 0.2) is 40.8 Å². The average molecular weight is 241 g/mol. The zero-order valence-electron chi connectivity index (χ0n) is 9.77. The Balaban J connectivity index is 2.39. The number of carbonyl (C=O) groups excluding carboxylic acids is 1. The Morgan fingerprint density at radius 2 is 1.94 bits per heavy atom. The number of hydrogen-bond donors (Lipinski definition) is 1. The molecule has 4 nitrogen and oxygen atoms in total. The van der Waals surface area contributed by atoms with Crippen LogP contribution in [0.25, 0.3) is 21.9 Å². The van der Waals surface area contributed by atoms with Gasteiger partial charge in [0.2, 0.25) is 0 Å². The van der Waals surface area contributed by atoms with Gasteiger partial charge in [-0.05, 0) is 12.1 Å². The molecule has 0 saturated carbocycles. The molecule has 0 spiro atoms. The molecule has 3 aromatic rings. The molecule has 0 fully saturated rings. The highest BCUT2D eigenvalue weighted by Crippen LogP contribution is 2.31. The number of esters is 1. The van der Waals surface area contributed by atoms with Crippen LogP contribution in [0.5, 0.6) is 0 Å². The van der Waals surface area contributed by atoms with E-state index in [9.17, 15) is 4.79 Å². The first-order valence-electron chi connectivity index (χ1n) is 5.50. The molecule has 3 rings (SSSR count). The quantitative estimate of drug-likeness (QED) is 0.525. The molecule has 2 aromatic carbocycles. The Kier molecular flexibility index (Phi) is 2.23. The van der Waals surface area contributed by atoms with Crippen LogP contribution in [0.2, 0.25) is 0 Å². The molecule has 0 saturated heterocycles. The summed E-state index contributed by atoms with van der Waals surface area (Å²) < 4.78 is 10.4. The Morgan fingerprint density at radius 1 is 1.17 bits per heavy atom. The van der Waals surface area contributed by atoms with Crippen LogP contribution in [0.3, 0.4) is 0 Å². The maximum Gasteiger partial charge on any atom is 0.339 e. The summed E-state index contributed by atoms with van der Waals surface area (Å²) in [6.45, 7) is 0. The Labute approximate surface area is 103 Å². The second-order valence-corrected chi connectivity index (χ2v) is 4.03. The maximum absolute atomic E-state index is 11.6. The molecule has 0 unspecified atom stereocenters. The van der Waals surface area contributed by atoms with Gasteiger partial charge in [-0.2, -0.15) is 0 Å². The van der Waals surface area contributed by atoms with Gasteiger partial charge in [-0.1, -0.05) is 18.2 Å². The van der Waals surface area contributed by atoms with Crippen molar-refractivity contribution in [3.8, 4) is 0 Å². The number of anilines is 1. The van der Waals surface area contributed by atoms with Crippen molar-refractivity contribution in [2.75, 3.05) is 12.8 Å². The van der Waals surface area contributed by atoms with Crippen LogP contribution in [0.1, 0.15) is 10.4 Å². The van der Waals surface area contributed by atoms with E-state index in [1.54, 1.807) is 12.1 Å². The van der Waals surface area contributed by atoms with Crippen LogP contribution in [-0.4, -0.2) is 13.1 Å². The second kappa shape index (κ2) is 3.77. The molecule has 2 N–H and O–H groups in total. The Morgan fingerprint density at radius 3 is 2.72 bits per heavy atom. The number of methoxy groups -OCH3 is 1. The molecule has 0 radical (unpaired) electrons. The standard InChI is InChI=1S/C14H11NO3/c1-17-14(16)10-6-9-8-4-2-3-5-12(8)18-13(9)7-11(10)15/h2-7H,15H2,1H3. The Hall–Kier alpha value is -2.49. The number of fused-ring (bicyclic) bond motifs is 3. The number of para-hydroxylation sites is 1.